The lowest BCUT2D eigenvalue weighted by atomic mass is 9.80. The van der Waals surface area contributed by atoms with Crippen LogP contribution in [0.2, 0.25) is 11.6 Å². The van der Waals surface area contributed by atoms with Crippen LogP contribution in [0.15, 0.2) is 0 Å². The van der Waals surface area contributed by atoms with Gasteiger partial charge in [-0.2, -0.15) is 0 Å². The Labute approximate surface area is 125 Å². The highest BCUT2D eigenvalue weighted by atomic mass is 28.3. The third-order valence-electron chi connectivity index (χ3n) is 5.83. The van der Waals surface area contributed by atoms with Crippen molar-refractivity contribution in [3.05, 3.63) is 0 Å². The fourth-order valence-electron chi connectivity index (χ4n) is 4.53. The lowest BCUT2D eigenvalue weighted by Gasteiger charge is -2.55. The van der Waals surface area contributed by atoms with E-state index in [2.05, 4.69) is 45.0 Å². The number of likely N-dealkylation sites (tertiary alicyclic amines) is 1. The van der Waals surface area contributed by atoms with E-state index in [1.807, 2.05) is 0 Å². The zero-order valence-corrected chi connectivity index (χ0v) is 15.4. The molecule has 0 amide bonds. The standard InChI is InChI=1S/C15H32N2O2Si/c1-13(2)10-12(11-14(3,4)17(13)5)20-9-8-16-15(20,18-6)19-7/h12,16,20H,8-11H2,1-7H3. The lowest BCUT2D eigenvalue weighted by molar-refractivity contribution is -0.163. The fraction of sp³-hybridized carbons (Fsp3) is 1.00. The van der Waals surface area contributed by atoms with E-state index in [9.17, 15) is 0 Å². The van der Waals surface area contributed by atoms with Gasteiger partial charge in [-0.25, -0.2) is 0 Å². The van der Waals surface area contributed by atoms with E-state index in [1.54, 1.807) is 14.2 Å². The number of rotatable bonds is 3. The van der Waals surface area contributed by atoms with Gasteiger partial charge >= 0.3 is 0 Å². The van der Waals surface area contributed by atoms with Gasteiger partial charge in [-0.1, -0.05) is 0 Å². The largest absolute Gasteiger partial charge is 0.345 e. The first-order valence-electron chi connectivity index (χ1n) is 7.78. The smallest absolute Gasteiger partial charge is 0.201 e. The number of hydrogen-bond donors (Lipinski definition) is 1. The molecular formula is C15H32N2O2Si. The first kappa shape index (κ1) is 16.4. The van der Waals surface area contributed by atoms with Crippen LogP contribution in [0.25, 0.3) is 0 Å². The van der Waals surface area contributed by atoms with Gasteiger partial charge in [0.1, 0.15) is 8.80 Å². The van der Waals surface area contributed by atoms with Gasteiger partial charge in [0.25, 0.3) is 0 Å². The number of methoxy groups -OCH3 is 2. The molecule has 1 atom stereocenters. The van der Waals surface area contributed by atoms with Crippen molar-refractivity contribution in [3.63, 3.8) is 0 Å². The molecule has 118 valence electrons. The van der Waals surface area contributed by atoms with E-state index in [-0.39, 0.29) is 11.1 Å². The number of nitrogens with zero attached hydrogens (tertiary/aromatic N) is 1. The molecule has 2 aliphatic rings. The maximum Gasteiger partial charge on any atom is 0.201 e. The summed E-state index contributed by atoms with van der Waals surface area (Å²) in [5.74, 6) is 0. The van der Waals surface area contributed by atoms with Crippen LogP contribution in [0.4, 0.5) is 0 Å². The molecule has 0 aromatic rings. The summed E-state index contributed by atoms with van der Waals surface area (Å²) >= 11 is 0. The van der Waals surface area contributed by atoms with Crippen LogP contribution < -0.4 is 5.32 Å². The average molecular weight is 301 g/mol. The molecule has 0 saturated carbocycles. The van der Waals surface area contributed by atoms with Crippen molar-refractivity contribution in [2.24, 2.45) is 0 Å². The zero-order valence-electron chi connectivity index (χ0n) is 14.2. The van der Waals surface area contributed by atoms with Gasteiger partial charge in [0.05, 0.1) is 0 Å². The predicted octanol–water partition coefficient (Wildman–Crippen LogP) is 1.96. The van der Waals surface area contributed by atoms with Crippen molar-refractivity contribution >= 4 is 8.80 Å². The van der Waals surface area contributed by atoms with Crippen LogP contribution in [0.1, 0.15) is 40.5 Å². The first-order valence-corrected chi connectivity index (χ1v) is 9.84. The number of hydrogen-bond acceptors (Lipinski definition) is 4. The molecule has 1 unspecified atom stereocenters. The third-order valence-corrected chi connectivity index (χ3v) is 10.0. The molecule has 0 aliphatic carbocycles. The van der Waals surface area contributed by atoms with Crippen LogP contribution in [0.5, 0.6) is 0 Å². The molecule has 0 bridgehead atoms. The van der Waals surface area contributed by atoms with E-state index in [0.29, 0.717) is 0 Å². The van der Waals surface area contributed by atoms with Crippen molar-refractivity contribution in [2.75, 3.05) is 27.8 Å². The minimum absolute atomic E-state index is 0.245. The Hall–Kier alpha value is 0.0569. The molecule has 2 fully saturated rings. The Morgan fingerprint density at radius 1 is 1.05 bits per heavy atom. The summed E-state index contributed by atoms with van der Waals surface area (Å²) in [6, 6.07) is 1.27. The highest BCUT2D eigenvalue weighted by Crippen LogP contribution is 2.47. The Kier molecular flexibility index (Phi) is 4.40. The normalized spacial score (nSPS) is 33.5. The van der Waals surface area contributed by atoms with Crippen LogP contribution >= 0.6 is 0 Å². The second kappa shape index (κ2) is 5.36. The van der Waals surface area contributed by atoms with Gasteiger partial charge in [0, 0.05) is 25.3 Å². The minimum atomic E-state index is -1.19. The maximum absolute atomic E-state index is 5.79. The Bertz CT molecular complexity index is 338. The SMILES string of the molecule is COC1(OC)NCC[SiH]1C1CC(C)(C)N(C)C(C)(C)C1. The number of piperidine rings is 1. The van der Waals surface area contributed by atoms with Gasteiger partial charge in [0.15, 0.2) is 0 Å². The van der Waals surface area contributed by atoms with E-state index in [1.165, 1.54) is 18.9 Å². The molecule has 20 heavy (non-hydrogen) atoms. The Balaban J connectivity index is 2.25. The Morgan fingerprint density at radius 2 is 1.55 bits per heavy atom. The molecule has 0 radical (unpaired) electrons. The maximum atomic E-state index is 5.79. The number of nitrogens with one attached hydrogen (secondary N) is 1. The molecular weight excluding hydrogens is 268 g/mol. The zero-order chi connectivity index (χ0) is 15.2. The summed E-state index contributed by atoms with van der Waals surface area (Å²) in [7, 11) is 4.65. The summed E-state index contributed by atoms with van der Waals surface area (Å²) in [5.41, 5.74) is 0.795. The molecule has 2 saturated heterocycles. The van der Waals surface area contributed by atoms with E-state index < -0.39 is 14.3 Å². The molecule has 2 aliphatic heterocycles. The summed E-state index contributed by atoms with van der Waals surface area (Å²) in [4.78, 5) is 2.55. The van der Waals surface area contributed by atoms with E-state index in [4.69, 9.17) is 9.47 Å². The fourth-order valence-corrected chi connectivity index (χ4v) is 9.19. The van der Waals surface area contributed by atoms with Crippen molar-refractivity contribution in [1.82, 2.24) is 10.2 Å². The molecule has 2 heterocycles. The van der Waals surface area contributed by atoms with Crippen LogP contribution in [0, 0.1) is 0 Å². The molecule has 0 spiro atoms. The summed E-state index contributed by atoms with van der Waals surface area (Å²) in [6.45, 7) is 10.5. The molecule has 2 rings (SSSR count). The van der Waals surface area contributed by atoms with Crippen molar-refractivity contribution in [2.45, 2.75) is 68.7 Å². The molecule has 5 heteroatoms. The van der Waals surface area contributed by atoms with Crippen molar-refractivity contribution < 1.29 is 9.47 Å². The third kappa shape index (κ3) is 2.59. The summed E-state index contributed by atoms with van der Waals surface area (Å²) < 4.78 is 11.6. The number of ether oxygens (including phenoxy) is 2. The predicted molar refractivity (Wildman–Crippen MR) is 85.6 cm³/mol. The molecule has 0 aromatic carbocycles. The second-order valence-corrected chi connectivity index (χ2v) is 11.2. The van der Waals surface area contributed by atoms with Crippen molar-refractivity contribution in [3.8, 4) is 0 Å². The summed E-state index contributed by atoms with van der Waals surface area (Å²) in [5, 5.41) is 3.49. The van der Waals surface area contributed by atoms with Gasteiger partial charge in [-0.3, -0.25) is 10.2 Å². The second-order valence-electron chi connectivity index (χ2n) is 7.75. The van der Waals surface area contributed by atoms with Crippen LogP contribution in [-0.4, -0.2) is 58.1 Å². The minimum Gasteiger partial charge on any atom is -0.345 e. The Morgan fingerprint density at radius 3 is 2.00 bits per heavy atom. The van der Waals surface area contributed by atoms with Crippen LogP contribution in [-0.2, 0) is 9.47 Å². The van der Waals surface area contributed by atoms with E-state index in [0.717, 1.165) is 12.1 Å². The van der Waals surface area contributed by atoms with Crippen LogP contribution in [0.3, 0.4) is 0 Å². The van der Waals surface area contributed by atoms with Gasteiger partial charge in [-0.05, 0) is 65.7 Å². The van der Waals surface area contributed by atoms with Crippen molar-refractivity contribution in [1.29, 1.82) is 0 Å². The monoisotopic (exact) mass is 300 g/mol. The average Bonchev–Trinajstić information content (AvgIpc) is 2.79. The van der Waals surface area contributed by atoms with Gasteiger partial charge in [0.2, 0.25) is 5.53 Å². The first-order chi connectivity index (χ1) is 9.18. The van der Waals surface area contributed by atoms with E-state index >= 15 is 0 Å². The highest BCUT2D eigenvalue weighted by Gasteiger charge is 2.54. The van der Waals surface area contributed by atoms with Gasteiger partial charge in [-0.15, -0.1) is 0 Å². The highest BCUT2D eigenvalue weighted by molar-refractivity contribution is 6.64. The quantitative estimate of drug-likeness (QED) is 0.638. The lowest BCUT2D eigenvalue weighted by Crippen LogP contribution is -2.62. The molecule has 0 aromatic heterocycles. The topological polar surface area (TPSA) is 33.7 Å². The van der Waals surface area contributed by atoms with Gasteiger partial charge < -0.3 is 9.47 Å². The summed E-state index contributed by atoms with van der Waals surface area (Å²) in [6.07, 6.45) is 2.50. The molecule has 4 nitrogen and oxygen atoms in total. The molecule has 1 N–H and O–H groups in total.